The van der Waals surface area contributed by atoms with Crippen LogP contribution in [0.5, 0.6) is 0 Å². The Hall–Kier alpha value is -0.530. The summed E-state index contributed by atoms with van der Waals surface area (Å²) in [4.78, 5) is 2.48. The highest BCUT2D eigenvalue weighted by atomic mass is 35.5. The Labute approximate surface area is 110 Å². The normalized spacial score (nSPS) is 18.6. The maximum absolute atomic E-state index is 6.61. The average Bonchev–Trinajstić information content (AvgIpc) is 2.68. The first-order valence-corrected chi connectivity index (χ1v) is 6.95. The summed E-state index contributed by atoms with van der Waals surface area (Å²) in [5.74, 6) is 0. The molecule has 94 valence electrons. The fraction of sp³-hybridized carbons (Fsp3) is 0.600. The van der Waals surface area contributed by atoms with Gasteiger partial charge in [0.2, 0.25) is 0 Å². The largest absolute Gasteiger partial charge is 0.302 e. The van der Waals surface area contributed by atoms with Gasteiger partial charge in [0.25, 0.3) is 0 Å². The second kappa shape index (κ2) is 5.41. The topological polar surface area (TPSA) is 3.24 Å². The van der Waals surface area contributed by atoms with Crippen molar-refractivity contribution in [1.82, 2.24) is 4.90 Å². The lowest BCUT2D eigenvalue weighted by molar-refractivity contribution is 0.338. The maximum atomic E-state index is 6.61. The van der Waals surface area contributed by atoms with E-state index in [1.165, 1.54) is 48.2 Å². The Morgan fingerprint density at radius 2 is 1.65 bits per heavy atom. The quantitative estimate of drug-likeness (QED) is 0.735. The molecule has 0 spiro atoms. The highest BCUT2D eigenvalue weighted by Gasteiger charge is 2.19. The van der Waals surface area contributed by atoms with Gasteiger partial charge in [0.15, 0.2) is 0 Å². The molecular weight excluding hydrogens is 230 g/mol. The molecule has 17 heavy (non-hydrogen) atoms. The van der Waals surface area contributed by atoms with Gasteiger partial charge in [-0.1, -0.05) is 17.7 Å². The lowest BCUT2D eigenvalue weighted by Crippen LogP contribution is -2.24. The Balaban J connectivity index is 2.15. The van der Waals surface area contributed by atoms with Gasteiger partial charge in [0.05, 0.1) is 5.38 Å². The van der Waals surface area contributed by atoms with Crippen molar-refractivity contribution in [3.05, 3.63) is 34.4 Å². The number of hydrogen-bond acceptors (Lipinski definition) is 1. The molecule has 0 aromatic heterocycles. The van der Waals surface area contributed by atoms with Crippen molar-refractivity contribution in [3.8, 4) is 0 Å². The molecule has 0 bridgehead atoms. The molecule has 0 amide bonds. The van der Waals surface area contributed by atoms with Crippen LogP contribution in [0.3, 0.4) is 0 Å². The fourth-order valence-electron chi connectivity index (χ4n) is 2.97. The van der Waals surface area contributed by atoms with Gasteiger partial charge in [0.1, 0.15) is 0 Å². The van der Waals surface area contributed by atoms with Crippen LogP contribution in [-0.2, 0) is 0 Å². The van der Waals surface area contributed by atoms with Gasteiger partial charge in [-0.25, -0.2) is 0 Å². The van der Waals surface area contributed by atoms with Gasteiger partial charge in [-0.05, 0) is 63.4 Å². The molecule has 1 aliphatic rings. The molecule has 1 saturated heterocycles. The number of rotatable bonds is 3. The van der Waals surface area contributed by atoms with Crippen LogP contribution < -0.4 is 0 Å². The molecule has 1 aromatic carbocycles. The van der Waals surface area contributed by atoms with Crippen molar-refractivity contribution in [1.29, 1.82) is 0 Å². The number of halogens is 1. The summed E-state index contributed by atoms with van der Waals surface area (Å²) < 4.78 is 0. The Kier molecular flexibility index (Phi) is 4.11. The maximum Gasteiger partial charge on any atom is 0.0717 e. The van der Waals surface area contributed by atoms with Gasteiger partial charge in [-0.2, -0.15) is 0 Å². The highest BCUT2D eigenvalue weighted by molar-refractivity contribution is 6.21. The van der Waals surface area contributed by atoms with Crippen LogP contribution in [0.1, 0.15) is 40.5 Å². The van der Waals surface area contributed by atoms with E-state index in [4.69, 9.17) is 11.6 Å². The number of benzene rings is 1. The number of alkyl halides is 1. The summed E-state index contributed by atoms with van der Waals surface area (Å²) in [5.41, 5.74) is 5.33. The molecule has 0 aliphatic carbocycles. The first-order chi connectivity index (χ1) is 8.08. The van der Waals surface area contributed by atoms with Crippen LogP contribution in [0.2, 0.25) is 0 Å². The summed E-state index contributed by atoms with van der Waals surface area (Å²) >= 11 is 6.61. The molecule has 2 heteroatoms. The summed E-state index contributed by atoms with van der Waals surface area (Å²) in [5, 5.41) is 0.133. The molecule has 1 atom stereocenters. The SMILES string of the molecule is Cc1cc(C)c(C(Cl)CN2CCCC2)c(C)c1. The monoisotopic (exact) mass is 251 g/mol. The van der Waals surface area contributed by atoms with Crippen LogP contribution in [-0.4, -0.2) is 24.5 Å². The molecule has 1 aromatic rings. The van der Waals surface area contributed by atoms with Crippen LogP contribution in [0.4, 0.5) is 0 Å². The zero-order chi connectivity index (χ0) is 12.4. The lowest BCUT2D eigenvalue weighted by atomic mass is 9.97. The Morgan fingerprint density at radius 1 is 1.12 bits per heavy atom. The average molecular weight is 252 g/mol. The third-order valence-corrected chi connectivity index (χ3v) is 4.02. The lowest BCUT2D eigenvalue weighted by Gasteiger charge is -2.22. The first-order valence-electron chi connectivity index (χ1n) is 6.52. The van der Waals surface area contributed by atoms with E-state index in [1.807, 2.05) is 0 Å². The van der Waals surface area contributed by atoms with E-state index in [1.54, 1.807) is 0 Å². The van der Waals surface area contributed by atoms with Gasteiger partial charge in [-0.3, -0.25) is 0 Å². The van der Waals surface area contributed by atoms with E-state index in [9.17, 15) is 0 Å². The molecule has 0 N–H and O–H groups in total. The first kappa shape index (κ1) is 12.9. The molecule has 1 aliphatic heterocycles. The van der Waals surface area contributed by atoms with Gasteiger partial charge in [0, 0.05) is 6.54 Å². The Morgan fingerprint density at radius 3 is 2.18 bits per heavy atom. The van der Waals surface area contributed by atoms with Crippen LogP contribution >= 0.6 is 11.6 Å². The molecule has 0 saturated carbocycles. The summed E-state index contributed by atoms with van der Waals surface area (Å²) in [6.07, 6.45) is 2.66. The minimum atomic E-state index is 0.133. The zero-order valence-electron chi connectivity index (χ0n) is 11.1. The number of likely N-dealkylation sites (tertiary alicyclic amines) is 1. The van der Waals surface area contributed by atoms with Crippen molar-refractivity contribution >= 4 is 11.6 Å². The molecule has 0 radical (unpaired) electrons. The molecule has 1 heterocycles. The van der Waals surface area contributed by atoms with Crippen molar-refractivity contribution in [3.63, 3.8) is 0 Å². The molecule has 1 nitrogen and oxygen atoms in total. The van der Waals surface area contributed by atoms with Gasteiger partial charge in [-0.15, -0.1) is 11.6 Å². The van der Waals surface area contributed by atoms with Crippen molar-refractivity contribution in [2.24, 2.45) is 0 Å². The van der Waals surface area contributed by atoms with E-state index in [0.29, 0.717) is 0 Å². The predicted molar refractivity (Wildman–Crippen MR) is 74.9 cm³/mol. The summed E-state index contributed by atoms with van der Waals surface area (Å²) in [6.45, 7) is 9.92. The number of nitrogens with zero attached hydrogens (tertiary/aromatic N) is 1. The minimum Gasteiger partial charge on any atom is -0.302 e. The third kappa shape index (κ3) is 3.02. The number of hydrogen-bond donors (Lipinski definition) is 0. The highest BCUT2D eigenvalue weighted by Crippen LogP contribution is 2.29. The predicted octanol–water partition coefficient (Wildman–Crippen LogP) is 3.99. The minimum absolute atomic E-state index is 0.133. The van der Waals surface area contributed by atoms with Gasteiger partial charge >= 0.3 is 0 Å². The molecule has 1 unspecified atom stereocenters. The second-order valence-corrected chi connectivity index (χ2v) is 5.81. The fourth-order valence-corrected chi connectivity index (χ4v) is 3.51. The van der Waals surface area contributed by atoms with E-state index < -0.39 is 0 Å². The second-order valence-electron chi connectivity index (χ2n) is 5.29. The zero-order valence-corrected chi connectivity index (χ0v) is 11.8. The van der Waals surface area contributed by atoms with Crippen LogP contribution in [0.15, 0.2) is 12.1 Å². The van der Waals surface area contributed by atoms with E-state index in [-0.39, 0.29) is 5.38 Å². The standard InChI is InChI=1S/C15H22ClN/c1-11-8-12(2)15(13(3)9-11)14(16)10-17-6-4-5-7-17/h8-9,14H,4-7,10H2,1-3H3. The van der Waals surface area contributed by atoms with Crippen LogP contribution in [0.25, 0.3) is 0 Å². The number of aryl methyl sites for hydroxylation is 3. The third-order valence-electron chi connectivity index (χ3n) is 3.67. The smallest absolute Gasteiger partial charge is 0.0717 e. The summed E-state index contributed by atoms with van der Waals surface area (Å²) in [7, 11) is 0. The summed E-state index contributed by atoms with van der Waals surface area (Å²) in [6, 6.07) is 4.48. The van der Waals surface area contributed by atoms with E-state index in [2.05, 4.69) is 37.8 Å². The van der Waals surface area contributed by atoms with Crippen LogP contribution in [0, 0.1) is 20.8 Å². The van der Waals surface area contributed by atoms with E-state index in [0.717, 1.165) is 6.54 Å². The van der Waals surface area contributed by atoms with Crippen molar-refractivity contribution < 1.29 is 0 Å². The van der Waals surface area contributed by atoms with Gasteiger partial charge < -0.3 is 4.90 Å². The van der Waals surface area contributed by atoms with Crippen molar-refractivity contribution in [2.75, 3.05) is 19.6 Å². The molecule has 2 rings (SSSR count). The molecule has 1 fully saturated rings. The van der Waals surface area contributed by atoms with E-state index >= 15 is 0 Å². The van der Waals surface area contributed by atoms with Crippen molar-refractivity contribution in [2.45, 2.75) is 39.0 Å². The Bertz CT molecular complexity index is 371. The molecular formula is C15H22ClN.